The minimum Gasteiger partial charge on any atom is -0.353 e. The maximum Gasteiger partial charge on any atom is 0.135 e. The van der Waals surface area contributed by atoms with E-state index in [1.165, 1.54) is 6.07 Å². The second-order valence-corrected chi connectivity index (χ2v) is 7.49. The molecular formula is C26H17FN4. The molecule has 5 heteroatoms. The quantitative estimate of drug-likeness (QED) is 0.350. The van der Waals surface area contributed by atoms with Crippen LogP contribution in [0.25, 0.3) is 55.7 Å². The summed E-state index contributed by atoms with van der Waals surface area (Å²) in [6, 6.07) is 28.8. The lowest BCUT2D eigenvalue weighted by Crippen LogP contribution is -1.85. The van der Waals surface area contributed by atoms with Crippen LogP contribution >= 0.6 is 0 Å². The summed E-state index contributed by atoms with van der Waals surface area (Å²) in [5.41, 5.74) is 8.03. The summed E-state index contributed by atoms with van der Waals surface area (Å²) < 4.78 is 13.8. The molecule has 3 heterocycles. The van der Waals surface area contributed by atoms with Crippen molar-refractivity contribution >= 4 is 21.9 Å². The Labute approximate surface area is 177 Å². The molecule has 0 saturated carbocycles. The molecule has 0 atom stereocenters. The highest BCUT2D eigenvalue weighted by molar-refractivity contribution is 6.00. The van der Waals surface area contributed by atoms with Gasteiger partial charge in [-0.05, 0) is 47.5 Å². The first-order chi connectivity index (χ1) is 15.3. The minimum atomic E-state index is -0.249. The summed E-state index contributed by atoms with van der Waals surface area (Å²) in [5.74, 6) is -0.249. The number of aromatic amines is 2. The lowest BCUT2D eigenvalue weighted by molar-refractivity contribution is 0.628. The summed E-state index contributed by atoms with van der Waals surface area (Å²) in [7, 11) is 0. The van der Waals surface area contributed by atoms with Gasteiger partial charge < -0.3 is 4.98 Å². The Kier molecular flexibility index (Phi) is 3.93. The van der Waals surface area contributed by atoms with Gasteiger partial charge in [-0.1, -0.05) is 54.6 Å². The highest BCUT2D eigenvalue weighted by Gasteiger charge is 2.15. The van der Waals surface area contributed by atoms with Gasteiger partial charge in [-0.3, -0.25) is 5.10 Å². The number of H-pyrrole nitrogens is 2. The molecule has 3 aromatic heterocycles. The molecule has 31 heavy (non-hydrogen) atoms. The Balaban J connectivity index is 1.52. The Morgan fingerprint density at radius 2 is 1.55 bits per heavy atom. The number of hydrogen-bond donors (Lipinski definition) is 2. The van der Waals surface area contributed by atoms with Crippen molar-refractivity contribution < 1.29 is 4.39 Å². The summed E-state index contributed by atoms with van der Waals surface area (Å²) in [5, 5.41) is 8.63. The maximum absolute atomic E-state index is 13.8. The number of halogens is 1. The van der Waals surface area contributed by atoms with Crippen LogP contribution in [0, 0.1) is 5.82 Å². The van der Waals surface area contributed by atoms with Gasteiger partial charge in [0.15, 0.2) is 0 Å². The molecule has 0 amide bonds. The number of rotatable bonds is 3. The van der Waals surface area contributed by atoms with Crippen LogP contribution < -0.4 is 0 Å². The lowest BCUT2D eigenvalue weighted by atomic mass is 10.0. The van der Waals surface area contributed by atoms with E-state index >= 15 is 0 Å². The molecule has 0 unspecified atom stereocenters. The van der Waals surface area contributed by atoms with Gasteiger partial charge in [0, 0.05) is 16.5 Å². The van der Waals surface area contributed by atoms with E-state index < -0.39 is 0 Å². The van der Waals surface area contributed by atoms with Gasteiger partial charge >= 0.3 is 0 Å². The number of aromatic nitrogens is 4. The average molecular weight is 404 g/mol. The van der Waals surface area contributed by atoms with Crippen molar-refractivity contribution in [2.75, 3.05) is 0 Å². The fraction of sp³-hybridized carbons (Fsp3) is 0. The number of benzene rings is 3. The van der Waals surface area contributed by atoms with Crippen molar-refractivity contribution in [1.29, 1.82) is 0 Å². The van der Waals surface area contributed by atoms with E-state index in [2.05, 4.69) is 21.2 Å². The Morgan fingerprint density at radius 3 is 2.42 bits per heavy atom. The van der Waals surface area contributed by atoms with Gasteiger partial charge in [-0.15, -0.1) is 0 Å². The van der Waals surface area contributed by atoms with Crippen molar-refractivity contribution in [3.8, 4) is 33.8 Å². The third kappa shape index (κ3) is 2.99. The summed E-state index contributed by atoms with van der Waals surface area (Å²) in [6.45, 7) is 0. The van der Waals surface area contributed by atoms with Gasteiger partial charge in [-0.2, -0.15) is 5.10 Å². The fourth-order valence-electron chi connectivity index (χ4n) is 4.05. The first-order valence-corrected chi connectivity index (χ1v) is 10.0. The average Bonchev–Trinajstić information content (AvgIpc) is 3.43. The molecule has 0 saturated heterocycles. The maximum atomic E-state index is 13.8. The van der Waals surface area contributed by atoms with Crippen LogP contribution in [0.4, 0.5) is 4.39 Å². The number of nitrogens with zero attached hydrogens (tertiary/aromatic N) is 2. The molecule has 2 N–H and O–H groups in total. The van der Waals surface area contributed by atoms with Gasteiger partial charge in [0.25, 0.3) is 0 Å². The topological polar surface area (TPSA) is 57.4 Å². The molecule has 6 aromatic rings. The minimum absolute atomic E-state index is 0.249. The predicted octanol–water partition coefficient (Wildman–Crippen LogP) is 6.58. The predicted molar refractivity (Wildman–Crippen MR) is 122 cm³/mol. The zero-order chi connectivity index (χ0) is 20.8. The molecule has 148 valence electrons. The van der Waals surface area contributed by atoms with E-state index in [9.17, 15) is 4.39 Å². The molecule has 0 aliphatic rings. The van der Waals surface area contributed by atoms with Crippen LogP contribution in [0.15, 0.2) is 91.0 Å². The highest BCUT2D eigenvalue weighted by Crippen LogP contribution is 2.34. The summed E-state index contributed by atoms with van der Waals surface area (Å²) in [6.07, 6.45) is 0. The van der Waals surface area contributed by atoms with E-state index in [0.717, 1.165) is 55.7 Å². The largest absolute Gasteiger partial charge is 0.353 e. The highest BCUT2D eigenvalue weighted by atomic mass is 19.1. The van der Waals surface area contributed by atoms with Crippen molar-refractivity contribution in [3.05, 3.63) is 96.8 Å². The Morgan fingerprint density at radius 1 is 0.710 bits per heavy atom. The van der Waals surface area contributed by atoms with E-state index in [1.807, 2.05) is 66.7 Å². The van der Waals surface area contributed by atoms with Crippen LogP contribution in [0.1, 0.15) is 0 Å². The van der Waals surface area contributed by atoms with E-state index in [-0.39, 0.29) is 5.82 Å². The second kappa shape index (κ2) is 6.92. The zero-order valence-electron chi connectivity index (χ0n) is 16.4. The number of fused-ring (bicyclic) bond motifs is 2. The molecule has 0 spiro atoms. The molecule has 0 bridgehead atoms. The van der Waals surface area contributed by atoms with Gasteiger partial charge in [-0.25, -0.2) is 9.37 Å². The second-order valence-electron chi connectivity index (χ2n) is 7.49. The molecule has 0 radical (unpaired) electrons. The third-order valence-electron chi connectivity index (χ3n) is 5.53. The van der Waals surface area contributed by atoms with Crippen LogP contribution in [0.3, 0.4) is 0 Å². The molecule has 6 rings (SSSR count). The van der Waals surface area contributed by atoms with Crippen LogP contribution in [0.5, 0.6) is 0 Å². The zero-order valence-corrected chi connectivity index (χ0v) is 16.4. The number of nitrogens with one attached hydrogen (secondary N) is 2. The fourth-order valence-corrected chi connectivity index (χ4v) is 4.05. The molecule has 3 aromatic carbocycles. The Hall–Kier alpha value is -4.25. The van der Waals surface area contributed by atoms with Crippen LogP contribution in [0.2, 0.25) is 0 Å². The molecular weight excluding hydrogens is 387 g/mol. The number of pyridine rings is 1. The van der Waals surface area contributed by atoms with E-state index in [1.54, 1.807) is 12.1 Å². The Bertz CT molecular complexity index is 1550. The van der Waals surface area contributed by atoms with Crippen LogP contribution in [-0.2, 0) is 0 Å². The normalized spacial score (nSPS) is 11.4. The molecule has 4 nitrogen and oxygen atoms in total. The van der Waals surface area contributed by atoms with Gasteiger partial charge in [0.1, 0.15) is 17.0 Å². The van der Waals surface area contributed by atoms with Crippen molar-refractivity contribution in [3.63, 3.8) is 0 Å². The smallest absolute Gasteiger partial charge is 0.135 e. The molecule has 0 aliphatic carbocycles. The van der Waals surface area contributed by atoms with Crippen molar-refractivity contribution in [2.45, 2.75) is 0 Å². The number of hydrogen-bond acceptors (Lipinski definition) is 2. The lowest BCUT2D eigenvalue weighted by Gasteiger charge is -2.03. The van der Waals surface area contributed by atoms with Gasteiger partial charge in [0.05, 0.1) is 16.9 Å². The van der Waals surface area contributed by atoms with Crippen molar-refractivity contribution in [1.82, 2.24) is 20.2 Å². The van der Waals surface area contributed by atoms with Gasteiger partial charge in [0.2, 0.25) is 0 Å². The van der Waals surface area contributed by atoms with Crippen LogP contribution in [-0.4, -0.2) is 20.2 Å². The summed E-state index contributed by atoms with van der Waals surface area (Å²) >= 11 is 0. The first-order valence-electron chi connectivity index (χ1n) is 10.0. The monoisotopic (exact) mass is 404 g/mol. The van der Waals surface area contributed by atoms with E-state index in [4.69, 9.17) is 4.98 Å². The van der Waals surface area contributed by atoms with E-state index in [0.29, 0.717) is 0 Å². The molecule has 0 fully saturated rings. The molecule has 0 aliphatic heterocycles. The third-order valence-corrected chi connectivity index (χ3v) is 5.53. The van der Waals surface area contributed by atoms with Crippen molar-refractivity contribution in [2.24, 2.45) is 0 Å². The summed E-state index contributed by atoms with van der Waals surface area (Å²) in [4.78, 5) is 8.34. The standard InChI is InChI=1S/C26H17FN4/c27-18-9-4-8-17(14-18)19-10-5-11-22-20(19)15-24(28-22)26-25-23(30-31-26)13-12-21(29-25)16-6-2-1-3-7-16/h1-15,28H,(H,30,31). The first kappa shape index (κ1) is 17.6. The SMILES string of the molecule is Fc1cccc(-c2cccc3[nH]c(-c4n[nH]c5ccc(-c6ccccc6)nc45)cc23)c1.